The third-order valence-corrected chi connectivity index (χ3v) is 5.60. The van der Waals surface area contributed by atoms with Gasteiger partial charge in [-0.1, -0.05) is 30.0 Å². The van der Waals surface area contributed by atoms with Gasteiger partial charge in [-0.05, 0) is 49.3 Å². The molecule has 0 atom stereocenters. The number of nitrogens with one attached hydrogen (secondary N) is 1. The number of rotatable bonds is 5. The Bertz CT molecular complexity index is 650. The van der Waals surface area contributed by atoms with Crippen molar-refractivity contribution < 1.29 is 4.79 Å². The highest BCUT2D eigenvalue weighted by atomic mass is 32.2. The first kappa shape index (κ1) is 16.3. The second kappa shape index (κ2) is 7.79. The molecule has 1 aromatic carbocycles. The van der Waals surface area contributed by atoms with Gasteiger partial charge in [0, 0.05) is 24.3 Å². The zero-order valence-corrected chi connectivity index (χ0v) is 14.8. The van der Waals surface area contributed by atoms with E-state index in [9.17, 15) is 4.79 Å². The summed E-state index contributed by atoms with van der Waals surface area (Å²) in [6.45, 7) is 4.27. The van der Waals surface area contributed by atoms with Gasteiger partial charge in [-0.25, -0.2) is 0 Å². The molecular weight excluding hydrogens is 328 g/mol. The zero-order chi connectivity index (χ0) is 16.1. The summed E-state index contributed by atoms with van der Waals surface area (Å²) in [5.74, 6) is 0.806. The molecule has 0 unspecified atom stereocenters. The topological polar surface area (TPSA) is 58.1 Å². The molecule has 1 saturated heterocycles. The maximum Gasteiger partial charge on any atom is 0.257 e. The highest BCUT2D eigenvalue weighted by molar-refractivity contribution is 8.01. The normalized spacial score (nSPS) is 14.7. The number of aromatic nitrogens is 2. The average molecular weight is 348 g/mol. The Morgan fingerprint density at radius 3 is 2.65 bits per heavy atom. The molecule has 5 nitrogen and oxygen atoms in total. The average Bonchev–Trinajstić information content (AvgIpc) is 3.03. The van der Waals surface area contributed by atoms with Gasteiger partial charge in [0.1, 0.15) is 0 Å². The van der Waals surface area contributed by atoms with Crippen LogP contribution in [0.1, 0.15) is 36.5 Å². The van der Waals surface area contributed by atoms with Crippen molar-refractivity contribution >= 4 is 39.8 Å². The van der Waals surface area contributed by atoms with E-state index >= 15 is 0 Å². The molecule has 3 rings (SSSR count). The number of anilines is 2. The number of carbonyl (C=O) groups is 1. The molecule has 2 heterocycles. The van der Waals surface area contributed by atoms with E-state index in [0.717, 1.165) is 23.2 Å². The van der Waals surface area contributed by atoms with Crippen LogP contribution >= 0.6 is 23.1 Å². The third kappa shape index (κ3) is 4.23. The van der Waals surface area contributed by atoms with Gasteiger partial charge in [-0.2, -0.15) is 0 Å². The van der Waals surface area contributed by atoms with Crippen molar-refractivity contribution in [2.45, 2.75) is 30.5 Å². The Morgan fingerprint density at radius 1 is 1.22 bits per heavy atom. The van der Waals surface area contributed by atoms with Gasteiger partial charge in [0.2, 0.25) is 5.13 Å². The van der Waals surface area contributed by atoms with Crippen molar-refractivity contribution in [2.24, 2.45) is 0 Å². The Hall–Kier alpha value is -1.60. The first-order chi connectivity index (χ1) is 11.3. The van der Waals surface area contributed by atoms with Crippen molar-refractivity contribution in [3.05, 3.63) is 29.8 Å². The second-order valence-electron chi connectivity index (χ2n) is 5.35. The standard InChI is InChI=1S/C16H20N4OS2/c1-2-22-16-19-18-15(23-16)17-14(21)12-6-8-13(9-7-12)20-10-4-3-5-11-20/h6-9H,2-5,10-11H2,1H3,(H,17,18,21). The van der Waals surface area contributed by atoms with E-state index in [0.29, 0.717) is 10.7 Å². The maximum absolute atomic E-state index is 12.3. The predicted octanol–water partition coefficient (Wildman–Crippen LogP) is 3.89. The van der Waals surface area contributed by atoms with Gasteiger partial charge >= 0.3 is 0 Å². The first-order valence-corrected chi connectivity index (χ1v) is 9.69. The van der Waals surface area contributed by atoms with Crippen molar-refractivity contribution in [1.29, 1.82) is 0 Å². The van der Waals surface area contributed by atoms with Crippen LogP contribution in [0, 0.1) is 0 Å². The molecule has 1 fully saturated rings. The molecule has 1 N–H and O–H groups in total. The number of benzene rings is 1. The number of nitrogens with zero attached hydrogens (tertiary/aromatic N) is 3. The quantitative estimate of drug-likeness (QED) is 0.656. The predicted molar refractivity (Wildman–Crippen MR) is 96.8 cm³/mol. The molecule has 0 radical (unpaired) electrons. The molecule has 2 aromatic rings. The number of amides is 1. The molecule has 7 heteroatoms. The fourth-order valence-electron chi connectivity index (χ4n) is 2.59. The maximum atomic E-state index is 12.3. The molecule has 1 amide bonds. The number of hydrogen-bond acceptors (Lipinski definition) is 6. The second-order valence-corrected chi connectivity index (χ2v) is 7.84. The summed E-state index contributed by atoms with van der Waals surface area (Å²) in [5, 5.41) is 11.4. The minimum Gasteiger partial charge on any atom is -0.372 e. The minimum atomic E-state index is -0.139. The summed E-state index contributed by atoms with van der Waals surface area (Å²) in [6.07, 6.45) is 3.81. The van der Waals surface area contributed by atoms with Gasteiger partial charge in [0.15, 0.2) is 4.34 Å². The largest absolute Gasteiger partial charge is 0.372 e. The van der Waals surface area contributed by atoms with Crippen LogP contribution in [0.15, 0.2) is 28.6 Å². The summed E-state index contributed by atoms with van der Waals surface area (Å²) in [4.78, 5) is 14.7. The number of piperidine rings is 1. The van der Waals surface area contributed by atoms with Gasteiger partial charge in [0.25, 0.3) is 5.91 Å². The smallest absolute Gasteiger partial charge is 0.257 e. The van der Waals surface area contributed by atoms with Crippen LogP contribution in [0.2, 0.25) is 0 Å². The lowest BCUT2D eigenvalue weighted by Gasteiger charge is -2.28. The van der Waals surface area contributed by atoms with Crippen LogP contribution in [0.5, 0.6) is 0 Å². The summed E-state index contributed by atoms with van der Waals surface area (Å²) in [5.41, 5.74) is 1.84. The molecule has 1 aromatic heterocycles. The lowest BCUT2D eigenvalue weighted by molar-refractivity contribution is 0.102. The van der Waals surface area contributed by atoms with Crippen LogP contribution in [0.25, 0.3) is 0 Å². The molecule has 122 valence electrons. The van der Waals surface area contributed by atoms with Crippen LogP contribution in [-0.2, 0) is 0 Å². The van der Waals surface area contributed by atoms with Crippen LogP contribution in [0.4, 0.5) is 10.8 Å². The highest BCUT2D eigenvalue weighted by Gasteiger charge is 2.13. The molecule has 0 saturated carbocycles. The van der Waals surface area contributed by atoms with E-state index in [1.807, 2.05) is 24.3 Å². The SMILES string of the molecule is CCSc1nnc(NC(=O)c2ccc(N3CCCCC3)cc2)s1. The van der Waals surface area contributed by atoms with Crippen molar-refractivity contribution in [2.75, 3.05) is 29.1 Å². The summed E-state index contributed by atoms with van der Waals surface area (Å²) in [6, 6.07) is 7.81. The monoisotopic (exact) mass is 348 g/mol. The summed E-state index contributed by atoms with van der Waals surface area (Å²) in [7, 11) is 0. The van der Waals surface area contributed by atoms with Crippen molar-refractivity contribution in [1.82, 2.24) is 10.2 Å². The van der Waals surface area contributed by atoms with Crippen LogP contribution < -0.4 is 10.2 Å². The lowest BCUT2D eigenvalue weighted by Crippen LogP contribution is -2.29. The highest BCUT2D eigenvalue weighted by Crippen LogP contribution is 2.25. The molecule has 0 aliphatic carbocycles. The van der Waals surface area contributed by atoms with E-state index in [2.05, 4.69) is 27.3 Å². The summed E-state index contributed by atoms with van der Waals surface area (Å²) < 4.78 is 0.878. The van der Waals surface area contributed by atoms with Gasteiger partial charge in [-0.3, -0.25) is 10.1 Å². The molecule has 23 heavy (non-hydrogen) atoms. The molecule has 0 bridgehead atoms. The van der Waals surface area contributed by atoms with Gasteiger partial charge in [0.05, 0.1) is 0 Å². The number of carbonyl (C=O) groups excluding carboxylic acids is 1. The molecular formula is C16H20N4OS2. The zero-order valence-electron chi connectivity index (χ0n) is 13.1. The van der Waals surface area contributed by atoms with Crippen molar-refractivity contribution in [3.63, 3.8) is 0 Å². The van der Waals surface area contributed by atoms with E-state index in [-0.39, 0.29) is 5.91 Å². The Morgan fingerprint density at radius 2 is 1.96 bits per heavy atom. The van der Waals surface area contributed by atoms with Crippen molar-refractivity contribution in [3.8, 4) is 0 Å². The Balaban J connectivity index is 1.62. The molecule has 1 aliphatic heterocycles. The molecule has 1 aliphatic rings. The third-order valence-electron chi connectivity index (χ3n) is 3.75. The van der Waals surface area contributed by atoms with E-state index in [1.54, 1.807) is 11.8 Å². The van der Waals surface area contributed by atoms with Gasteiger partial charge < -0.3 is 4.90 Å². The van der Waals surface area contributed by atoms with E-state index in [1.165, 1.54) is 36.3 Å². The van der Waals surface area contributed by atoms with E-state index in [4.69, 9.17) is 0 Å². The lowest BCUT2D eigenvalue weighted by atomic mass is 10.1. The fraction of sp³-hybridized carbons (Fsp3) is 0.438. The first-order valence-electron chi connectivity index (χ1n) is 7.89. The Kier molecular flexibility index (Phi) is 5.51. The minimum absolute atomic E-state index is 0.139. The number of hydrogen-bond donors (Lipinski definition) is 1. The van der Waals surface area contributed by atoms with E-state index < -0.39 is 0 Å². The number of thioether (sulfide) groups is 1. The van der Waals surface area contributed by atoms with Crippen LogP contribution in [-0.4, -0.2) is 34.9 Å². The Labute approximate surface area is 144 Å². The fourth-order valence-corrected chi connectivity index (χ4v) is 4.23. The van der Waals surface area contributed by atoms with Crippen LogP contribution in [0.3, 0.4) is 0 Å². The van der Waals surface area contributed by atoms with Gasteiger partial charge in [-0.15, -0.1) is 10.2 Å². The molecule has 0 spiro atoms. The summed E-state index contributed by atoms with van der Waals surface area (Å²) >= 11 is 3.03.